The van der Waals surface area contributed by atoms with Crippen molar-refractivity contribution in [3.8, 4) is 0 Å². The van der Waals surface area contributed by atoms with E-state index >= 15 is 0 Å². The minimum Gasteiger partial charge on any atom is -0.310 e. The van der Waals surface area contributed by atoms with Gasteiger partial charge < -0.3 is 9.80 Å². The van der Waals surface area contributed by atoms with Crippen molar-refractivity contribution in [2.24, 2.45) is 0 Å². The molecule has 9 rings (SSSR count). The van der Waals surface area contributed by atoms with E-state index in [1.54, 1.807) is 0 Å². The van der Waals surface area contributed by atoms with Crippen LogP contribution >= 0.6 is 11.8 Å². The third kappa shape index (κ3) is 4.58. The van der Waals surface area contributed by atoms with Gasteiger partial charge in [-0.05, 0) is 118 Å². The molecule has 0 unspecified atom stereocenters. The highest BCUT2D eigenvalue weighted by molar-refractivity contribution is 7.99. The van der Waals surface area contributed by atoms with Crippen LogP contribution in [0.4, 0.5) is 34.1 Å². The van der Waals surface area contributed by atoms with Gasteiger partial charge in [-0.15, -0.1) is 0 Å². The summed E-state index contributed by atoms with van der Waals surface area (Å²) in [5.74, 6) is 0. The zero-order chi connectivity index (χ0) is 31.5. The second-order valence-electron chi connectivity index (χ2n) is 12.3. The highest BCUT2D eigenvalue weighted by Crippen LogP contribution is 2.52. The molecule has 0 spiro atoms. The first-order valence-electron chi connectivity index (χ1n) is 16.1. The van der Waals surface area contributed by atoms with Crippen molar-refractivity contribution in [2.45, 2.75) is 23.6 Å². The van der Waals surface area contributed by atoms with E-state index in [0.717, 1.165) is 5.69 Å². The monoisotopic (exact) mass is 620 g/mol. The molecule has 0 aromatic heterocycles. The molecule has 2 nitrogen and oxygen atoms in total. The Morgan fingerprint density at radius 3 is 1.57 bits per heavy atom. The van der Waals surface area contributed by atoms with E-state index in [9.17, 15) is 0 Å². The molecule has 0 N–H and O–H groups in total. The molecule has 0 fully saturated rings. The van der Waals surface area contributed by atoms with Crippen molar-refractivity contribution in [1.29, 1.82) is 0 Å². The molecule has 1 aliphatic heterocycles. The van der Waals surface area contributed by atoms with Gasteiger partial charge in [0, 0.05) is 32.5 Å². The predicted octanol–water partition coefficient (Wildman–Crippen LogP) is 13.2. The normalized spacial score (nSPS) is 12.3. The quantitative estimate of drug-likeness (QED) is 0.181. The second-order valence-corrected chi connectivity index (χ2v) is 13.4. The summed E-state index contributed by atoms with van der Waals surface area (Å²) in [7, 11) is 0. The zero-order valence-corrected chi connectivity index (χ0v) is 27.1. The highest BCUT2D eigenvalue weighted by Gasteiger charge is 2.25. The standard InChI is InChI=1S/C44H32N2S/c1-29-11-3-5-13-38(29)45(39-14-6-4-12-30(39)2)34-25-23-31-19-21-33-22-20-32-24-26-35(28-37(32)44(33)36(31)27-34)46-40-15-7-9-17-42(40)47-43-18-10-8-16-41(43)46/h3-28H,1-2H3. The molecular formula is C44H32N2S. The van der Waals surface area contributed by atoms with Crippen molar-refractivity contribution in [3.05, 3.63) is 169 Å². The molecule has 3 heteroatoms. The molecular weight excluding hydrogens is 589 g/mol. The Hall–Kier alpha value is -5.51. The summed E-state index contributed by atoms with van der Waals surface area (Å²) in [5, 5.41) is 7.51. The van der Waals surface area contributed by atoms with Gasteiger partial charge in [0.1, 0.15) is 0 Å². The number of fused-ring (bicyclic) bond motifs is 7. The number of hydrogen-bond acceptors (Lipinski definition) is 3. The van der Waals surface area contributed by atoms with Gasteiger partial charge in [0.15, 0.2) is 0 Å². The summed E-state index contributed by atoms with van der Waals surface area (Å²) < 4.78 is 0. The molecule has 224 valence electrons. The first kappa shape index (κ1) is 27.8. The average molecular weight is 621 g/mol. The number of nitrogens with zero attached hydrogens (tertiary/aromatic N) is 2. The minimum atomic E-state index is 1.15. The number of hydrogen-bond donors (Lipinski definition) is 0. The van der Waals surface area contributed by atoms with Crippen molar-refractivity contribution >= 4 is 78.2 Å². The fourth-order valence-corrected chi connectivity index (χ4v) is 8.21. The van der Waals surface area contributed by atoms with Gasteiger partial charge in [-0.3, -0.25) is 0 Å². The number of rotatable bonds is 4. The fraction of sp³-hybridized carbons (Fsp3) is 0.0455. The lowest BCUT2D eigenvalue weighted by molar-refractivity contribution is 1.17. The summed E-state index contributed by atoms with van der Waals surface area (Å²) in [6.07, 6.45) is 0. The van der Waals surface area contributed by atoms with Crippen molar-refractivity contribution in [2.75, 3.05) is 9.80 Å². The molecule has 47 heavy (non-hydrogen) atoms. The lowest BCUT2D eigenvalue weighted by Crippen LogP contribution is -2.14. The SMILES string of the molecule is Cc1ccccc1N(c1ccc2ccc3ccc4ccc(N5c6ccccc6Sc6ccccc65)cc4c3c2c1)c1ccccc1C. The van der Waals surface area contributed by atoms with Crippen LogP contribution in [0.25, 0.3) is 32.3 Å². The molecule has 0 radical (unpaired) electrons. The Kier molecular flexibility index (Phi) is 6.55. The zero-order valence-electron chi connectivity index (χ0n) is 26.3. The Labute approximate surface area is 279 Å². The Bertz CT molecular complexity index is 2400. The molecule has 1 aliphatic rings. The lowest BCUT2D eigenvalue weighted by Gasteiger charge is -2.33. The van der Waals surface area contributed by atoms with Crippen LogP contribution in [0.1, 0.15) is 11.1 Å². The van der Waals surface area contributed by atoms with E-state index in [0.29, 0.717) is 0 Å². The van der Waals surface area contributed by atoms with E-state index in [1.807, 2.05) is 11.8 Å². The van der Waals surface area contributed by atoms with E-state index in [2.05, 4.69) is 181 Å². The number of anilines is 6. The van der Waals surface area contributed by atoms with E-state index < -0.39 is 0 Å². The van der Waals surface area contributed by atoms with Crippen LogP contribution < -0.4 is 9.80 Å². The molecule has 0 saturated heterocycles. The largest absolute Gasteiger partial charge is 0.310 e. The van der Waals surface area contributed by atoms with E-state index in [4.69, 9.17) is 0 Å². The average Bonchev–Trinajstić information content (AvgIpc) is 3.11. The molecule has 0 saturated carbocycles. The van der Waals surface area contributed by atoms with Crippen LogP contribution in [0.5, 0.6) is 0 Å². The first-order chi connectivity index (χ1) is 23.1. The maximum absolute atomic E-state index is 2.42. The second kappa shape index (κ2) is 11.1. The van der Waals surface area contributed by atoms with Gasteiger partial charge in [0.2, 0.25) is 0 Å². The number of aryl methyl sites for hydroxylation is 2. The molecule has 0 aliphatic carbocycles. The maximum Gasteiger partial charge on any atom is 0.0601 e. The van der Waals surface area contributed by atoms with Crippen LogP contribution in [0.15, 0.2) is 168 Å². The smallest absolute Gasteiger partial charge is 0.0601 e. The van der Waals surface area contributed by atoms with Gasteiger partial charge in [-0.25, -0.2) is 0 Å². The van der Waals surface area contributed by atoms with Crippen LogP contribution in [0.2, 0.25) is 0 Å². The number of para-hydroxylation sites is 4. The summed E-state index contributed by atoms with van der Waals surface area (Å²) in [6, 6.07) is 57.8. The van der Waals surface area contributed by atoms with Gasteiger partial charge in [-0.2, -0.15) is 0 Å². The van der Waals surface area contributed by atoms with Gasteiger partial charge >= 0.3 is 0 Å². The topological polar surface area (TPSA) is 6.48 Å². The molecule has 0 amide bonds. The lowest BCUT2D eigenvalue weighted by atomic mass is 9.95. The van der Waals surface area contributed by atoms with Crippen LogP contribution in [0.3, 0.4) is 0 Å². The van der Waals surface area contributed by atoms with Crippen LogP contribution in [-0.4, -0.2) is 0 Å². The van der Waals surface area contributed by atoms with Crippen molar-refractivity contribution < 1.29 is 0 Å². The summed E-state index contributed by atoms with van der Waals surface area (Å²) in [5.41, 5.74) is 9.61. The molecule has 1 heterocycles. The predicted molar refractivity (Wildman–Crippen MR) is 202 cm³/mol. The van der Waals surface area contributed by atoms with Crippen LogP contribution in [0, 0.1) is 13.8 Å². The summed E-state index contributed by atoms with van der Waals surface area (Å²) >= 11 is 1.85. The van der Waals surface area contributed by atoms with Gasteiger partial charge in [0.25, 0.3) is 0 Å². The van der Waals surface area contributed by atoms with Crippen LogP contribution in [-0.2, 0) is 0 Å². The Morgan fingerprint density at radius 2 is 0.957 bits per heavy atom. The molecule has 8 aromatic rings. The molecule has 8 aromatic carbocycles. The summed E-state index contributed by atoms with van der Waals surface area (Å²) in [6.45, 7) is 4.39. The van der Waals surface area contributed by atoms with Crippen molar-refractivity contribution in [3.63, 3.8) is 0 Å². The summed E-state index contributed by atoms with van der Waals surface area (Å²) in [4.78, 5) is 7.38. The highest BCUT2D eigenvalue weighted by atomic mass is 32.2. The van der Waals surface area contributed by atoms with Gasteiger partial charge in [-0.1, -0.05) is 109 Å². The Balaban J connectivity index is 1.30. The fourth-order valence-electron chi connectivity index (χ4n) is 7.15. The Morgan fingerprint density at radius 1 is 0.468 bits per heavy atom. The third-order valence-corrected chi connectivity index (χ3v) is 10.6. The van der Waals surface area contributed by atoms with E-state index in [1.165, 1.54) is 81.7 Å². The third-order valence-electron chi connectivity index (χ3n) is 9.45. The minimum absolute atomic E-state index is 1.15. The first-order valence-corrected chi connectivity index (χ1v) is 16.9. The maximum atomic E-state index is 2.42. The molecule has 0 bridgehead atoms. The van der Waals surface area contributed by atoms with E-state index in [-0.39, 0.29) is 0 Å². The number of benzene rings is 8. The van der Waals surface area contributed by atoms with Gasteiger partial charge in [0.05, 0.1) is 11.4 Å². The van der Waals surface area contributed by atoms with Crippen molar-refractivity contribution in [1.82, 2.24) is 0 Å². The molecule has 0 atom stereocenters.